The van der Waals surface area contributed by atoms with E-state index < -0.39 is 11.6 Å². The van der Waals surface area contributed by atoms with Gasteiger partial charge in [0.2, 0.25) is 0 Å². The summed E-state index contributed by atoms with van der Waals surface area (Å²) >= 11 is 0. The first kappa shape index (κ1) is 12.5. The first-order valence-corrected chi connectivity index (χ1v) is 6.33. The highest BCUT2D eigenvalue weighted by Crippen LogP contribution is 2.21. The van der Waals surface area contributed by atoms with E-state index in [0.29, 0.717) is 16.9 Å². The minimum atomic E-state index is -0.875. The molecule has 1 aromatic heterocycles. The zero-order chi connectivity index (χ0) is 13.4. The maximum atomic E-state index is 13.2. The molecule has 1 unspecified atom stereocenters. The summed E-state index contributed by atoms with van der Waals surface area (Å²) in [5.41, 5.74) is 0.951. The monoisotopic (exact) mass is 265 g/mol. The molecule has 1 atom stereocenters. The minimum absolute atomic E-state index is 0.0639. The molecule has 19 heavy (non-hydrogen) atoms. The molecule has 1 aliphatic rings. The predicted octanol–water partition coefficient (Wildman–Crippen LogP) is 1.82. The molecular formula is C13H15F2N4. The lowest BCUT2D eigenvalue weighted by Crippen LogP contribution is -2.26. The van der Waals surface area contributed by atoms with E-state index in [1.165, 1.54) is 0 Å². The van der Waals surface area contributed by atoms with Gasteiger partial charge in [0.05, 0.1) is 17.1 Å². The van der Waals surface area contributed by atoms with Crippen molar-refractivity contribution in [2.45, 2.75) is 12.5 Å². The van der Waals surface area contributed by atoms with Gasteiger partial charge in [-0.3, -0.25) is 0 Å². The first-order valence-electron chi connectivity index (χ1n) is 6.33. The van der Waals surface area contributed by atoms with Gasteiger partial charge in [0.1, 0.15) is 5.82 Å². The number of imidazole rings is 1. The zero-order valence-corrected chi connectivity index (χ0v) is 10.7. The Balaban J connectivity index is 1.96. The van der Waals surface area contributed by atoms with Crippen LogP contribution in [0.25, 0.3) is 11.0 Å². The quantitative estimate of drug-likeness (QED) is 0.855. The van der Waals surface area contributed by atoms with Gasteiger partial charge in [-0.15, -0.1) is 0 Å². The number of rotatable bonds is 1. The van der Waals surface area contributed by atoms with Crippen LogP contribution in [0, 0.1) is 11.6 Å². The zero-order valence-electron chi connectivity index (χ0n) is 10.7. The van der Waals surface area contributed by atoms with E-state index in [4.69, 9.17) is 0 Å². The van der Waals surface area contributed by atoms with Crippen molar-refractivity contribution in [1.29, 1.82) is 0 Å². The summed E-state index contributed by atoms with van der Waals surface area (Å²) in [5, 5.41) is 4.56. The topological polar surface area (TPSA) is 46.0 Å². The maximum absolute atomic E-state index is 13.2. The molecule has 101 valence electrons. The fourth-order valence-electron chi connectivity index (χ4n) is 2.39. The van der Waals surface area contributed by atoms with Crippen molar-refractivity contribution >= 4 is 11.0 Å². The van der Waals surface area contributed by atoms with E-state index in [1.54, 1.807) is 0 Å². The molecule has 0 saturated carbocycles. The number of hydrogen-bond acceptors (Lipinski definition) is 2. The number of halogens is 2. The molecule has 2 heterocycles. The van der Waals surface area contributed by atoms with Crippen molar-refractivity contribution in [3.8, 4) is 0 Å². The Morgan fingerprint density at radius 3 is 2.95 bits per heavy atom. The Morgan fingerprint density at radius 1 is 1.32 bits per heavy atom. The fourth-order valence-corrected chi connectivity index (χ4v) is 2.39. The van der Waals surface area contributed by atoms with Gasteiger partial charge in [-0.25, -0.2) is 19.1 Å². The van der Waals surface area contributed by atoms with Crippen molar-refractivity contribution in [2.75, 3.05) is 26.7 Å². The van der Waals surface area contributed by atoms with Crippen LogP contribution in [0.3, 0.4) is 0 Å². The average Bonchev–Trinajstić information content (AvgIpc) is 2.63. The summed E-state index contributed by atoms with van der Waals surface area (Å²) in [6.45, 7) is 2.56. The van der Waals surface area contributed by atoms with Gasteiger partial charge in [0, 0.05) is 25.2 Å². The summed E-state index contributed by atoms with van der Waals surface area (Å²) < 4.78 is 26.3. The van der Waals surface area contributed by atoms with Crippen LogP contribution in [0.5, 0.6) is 0 Å². The smallest absolute Gasteiger partial charge is 0.161 e. The number of benzene rings is 1. The Bertz CT molecular complexity index is 557. The van der Waals surface area contributed by atoms with Gasteiger partial charge in [-0.05, 0) is 20.0 Å². The SMILES string of the molecule is CN1CCC[N]C(c2nc3cc(F)c(F)cc3[nH]2)C1. The molecule has 2 aromatic rings. The molecule has 1 saturated heterocycles. The maximum Gasteiger partial charge on any atom is 0.161 e. The standard InChI is InChI=1S/C13H15F2N4/c1-19-4-2-3-16-12(7-19)13-17-10-5-8(14)9(15)6-11(10)18-13/h5-6,12H,2-4,7H2,1H3,(H,17,18). The van der Waals surface area contributed by atoms with Crippen LogP contribution in [0.15, 0.2) is 12.1 Å². The summed E-state index contributed by atoms with van der Waals surface area (Å²) in [5.74, 6) is -1.06. The Kier molecular flexibility index (Phi) is 3.20. The summed E-state index contributed by atoms with van der Waals surface area (Å²) in [6, 6.07) is 2.19. The largest absolute Gasteiger partial charge is 0.340 e. The van der Waals surface area contributed by atoms with Gasteiger partial charge < -0.3 is 9.88 Å². The third kappa shape index (κ3) is 2.46. The number of aromatic amines is 1. The number of H-pyrrole nitrogens is 1. The molecular weight excluding hydrogens is 250 g/mol. The highest BCUT2D eigenvalue weighted by atomic mass is 19.2. The van der Waals surface area contributed by atoms with Crippen LogP contribution in [0.2, 0.25) is 0 Å². The van der Waals surface area contributed by atoms with Gasteiger partial charge in [0.15, 0.2) is 11.6 Å². The number of hydrogen-bond donors (Lipinski definition) is 1. The lowest BCUT2D eigenvalue weighted by Gasteiger charge is -2.17. The van der Waals surface area contributed by atoms with Crippen molar-refractivity contribution < 1.29 is 8.78 Å². The van der Waals surface area contributed by atoms with Crippen molar-refractivity contribution in [3.05, 3.63) is 29.6 Å². The molecule has 1 aliphatic heterocycles. The predicted molar refractivity (Wildman–Crippen MR) is 67.9 cm³/mol. The van der Waals surface area contributed by atoms with Crippen molar-refractivity contribution in [1.82, 2.24) is 20.2 Å². The molecule has 1 N–H and O–H groups in total. The molecule has 1 aromatic carbocycles. The van der Waals surface area contributed by atoms with Crippen molar-refractivity contribution in [3.63, 3.8) is 0 Å². The first-order chi connectivity index (χ1) is 9.13. The van der Waals surface area contributed by atoms with Crippen LogP contribution < -0.4 is 5.32 Å². The van der Waals surface area contributed by atoms with E-state index in [-0.39, 0.29) is 6.04 Å². The summed E-state index contributed by atoms with van der Waals surface area (Å²) in [6.07, 6.45) is 1.02. The van der Waals surface area contributed by atoms with Gasteiger partial charge in [0.25, 0.3) is 0 Å². The van der Waals surface area contributed by atoms with E-state index in [1.807, 2.05) is 7.05 Å². The molecule has 1 fully saturated rings. The average molecular weight is 265 g/mol. The Labute approximate surface area is 109 Å². The van der Waals surface area contributed by atoms with E-state index in [2.05, 4.69) is 20.2 Å². The number of fused-ring (bicyclic) bond motifs is 1. The third-order valence-corrected chi connectivity index (χ3v) is 3.39. The van der Waals surface area contributed by atoms with E-state index in [9.17, 15) is 8.78 Å². The van der Waals surface area contributed by atoms with Crippen LogP contribution >= 0.6 is 0 Å². The second-order valence-corrected chi connectivity index (χ2v) is 4.94. The van der Waals surface area contributed by atoms with E-state index in [0.717, 1.165) is 38.2 Å². The molecule has 0 amide bonds. The molecule has 0 bridgehead atoms. The van der Waals surface area contributed by atoms with Crippen LogP contribution in [-0.4, -0.2) is 41.5 Å². The number of nitrogens with zero attached hydrogens (tertiary/aromatic N) is 3. The molecule has 4 nitrogen and oxygen atoms in total. The fraction of sp³-hybridized carbons (Fsp3) is 0.462. The molecule has 0 aliphatic carbocycles. The lowest BCUT2D eigenvalue weighted by molar-refractivity contribution is 0.321. The molecule has 1 radical (unpaired) electrons. The van der Waals surface area contributed by atoms with Crippen LogP contribution in [0.1, 0.15) is 18.3 Å². The van der Waals surface area contributed by atoms with Crippen molar-refractivity contribution in [2.24, 2.45) is 0 Å². The van der Waals surface area contributed by atoms with Gasteiger partial charge in [-0.1, -0.05) is 0 Å². The number of aromatic nitrogens is 2. The van der Waals surface area contributed by atoms with E-state index >= 15 is 0 Å². The van der Waals surface area contributed by atoms with Crippen LogP contribution in [-0.2, 0) is 0 Å². The highest BCUT2D eigenvalue weighted by molar-refractivity contribution is 5.75. The highest BCUT2D eigenvalue weighted by Gasteiger charge is 2.21. The molecule has 0 spiro atoms. The Morgan fingerprint density at radius 2 is 2.11 bits per heavy atom. The normalized spacial score (nSPS) is 21.7. The summed E-state index contributed by atoms with van der Waals surface area (Å²) in [7, 11) is 2.04. The van der Waals surface area contributed by atoms with Gasteiger partial charge >= 0.3 is 0 Å². The number of nitrogens with one attached hydrogen (secondary N) is 1. The molecule has 6 heteroatoms. The van der Waals surface area contributed by atoms with Crippen LogP contribution in [0.4, 0.5) is 8.78 Å². The minimum Gasteiger partial charge on any atom is -0.340 e. The second kappa shape index (κ2) is 4.86. The second-order valence-electron chi connectivity index (χ2n) is 4.94. The molecule has 3 rings (SSSR count). The van der Waals surface area contributed by atoms with Gasteiger partial charge in [-0.2, -0.15) is 0 Å². The number of likely N-dealkylation sites (N-methyl/N-ethyl adjacent to an activating group) is 1. The third-order valence-electron chi connectivity index (χ3n) is 3.39. The Hall–Kier alpha value is -1.53. The summed E-state index contributed by atoms with van der Waals surface area (Å²) in [4.78, 5) is 9.57. The lowest BCUT2D eigenvalue weighted by atomic mass is 10.2.